The summed E-state index contributed by atoms with van der Waals surface area (Å²) in [4.78, 5) is 68.0. The molecule has 21 nitrogen and oxygen atoms in total. The fourth-order valence-corrected chi connectivity index (χ4v) is 9.28. The van der Waals surface area contributed by atoms with Gasteiger partial charge in [0, 0.05) is 69.9 Å². The first kappa shape index (κ1) is 52.1. The summed E-state index contributed by atoms with van der Waals surface area (Å²) in [5.41, 5.74) is 3.96. The fraction of sp³-hybridized carbons (Fsp3) is 0.449. The highest BCUT2D eigenvalue weighted by Crippen LogP contribution is 2.34. The SMILES string of the molecule is O=C(N[C@@H]1CCN(C(=O)NC2CCN(C(=O)OCc3ccccc3)CC2)C1)N[C@@H]1CCN(c2nc(NCC(c3ccccc3)c3ccccc3)c3ncn([C@@H]4O[C@H](CO)[C@@H](O)[C@H]4O)c3n2)C1.O=C(O)C(F)(F)F. The van der Waals surface area contributed by atoms with Crippen molar-refractivity contribution in [3.8, 4) is 0 Å². The number of likely N-dealkylation sites (tertiary alicyclic amines) is 2. The molecule has 0 unspecified atom stereocenters. The van der Waals surface area contributed by atoms with Crippen LogP contribution in [0, 0.1) is 0 Å². The third-order valence-corrected chi connectivity index (χ3v) is 13.2. The monoisotopic (exact) mass is 1020 g/mol. The summed E-state index contributed by atoms with van der Waals surface area (Å²) in [6.45, 7) is 3.03. The fourth-order valence-electron chi connectivity index (χ4n) is 9.28. The zero-order valence-corrected chi connectivity index (χ0v) is 39.6. The van der Waals surface area contributed by atoms with E-state index < -0.39 is 43.3 Å². The van der Waals surface area contributed by atoms with Gasteiger partial charge in [0.2, 0.25) is 5.95 Å². The number of benzene rings is 3. The van der Waals surface area contributed by atoms with Gasteiger partial charge in [0.15, 0.2) is 23.2 Å². The summed E-state index contributed by atoms with van der Waals surface area (Å²) >= 11 is 0. The first-order valence-electron chi connectivity index (χ1n) is 24.0. The molecule has 0 radical (unpaired) electrons. The van der Waals surface area contributed by atoms with Crippen LogP contribution in [0.1, 0.15) is 54.5 Å². The number of carbonyl (C=O) groups is 4. The van der Waals surface area contributed by atoms with Crippen molar-refractivity contribution >= 4 is 47.1 Å². The summed E-state index contributed by atoms with van der Waals surface area (Å²) in [6.07, 6.45) is -6.16. The van der Waals surface area contributed by atoms with Gasteiger partial charge >= 0.3 is 30.3 Å². The van der Waals surface area contributed by atoms with E-state index in [4.69, 9.17) is 29.3 Å². The predicted octanol–water partition coefficient (Wildman–Crippen LogP) is 3.78. The number of carbonyl (C=O) groups excluding carboxylic acids is 3. The maximum Gasteiger partial charge on any atom is 0.490 e. The third kappa shape index (κ3) is 13.0. The largest absolute Gasteiger partial charge is 0.490 e. The Balaban J connectivity index is 0.000000948. The second kappa shape index (κ2) is 23.5. The number of anilines is 2. The highest BCUT2D eigenvalue weighted by atomic mass is 19.4. The number of aliphatic hydroxyl groups is 3. The predicted molar refractivity (Wildman–Crippen MR) is 257 cm³/mol. The highest BCUT2D eigenvalue weighted by molar-refractivity contribution is 5.85. The van der Waals surface area contributed by atoms with Crippen LogP contribution in [0.3, 0.4) is 0 Å². The lowest BCUT2D eigenvalue weighted by molar-refractivity contribution is -0.192. The number of aliphatic hydroxyl groups excluding tert-OH is 3. The zero-order valence-electron chi connectivity index (χ0n) is 39.6. The van der Waals surface area contributed by atoms with Crippen molar-refractivity contribution in [3.05, 3.63) is 114 Å². The first-order chi connectivity index (χ1) is 35.1. The Morgan fingerprint density at radius 3 is 1.93 bits per heavy atom. The number of nitrogens with zero attached hydrogens (tertiary/aromatic N) is 7. The van der Waals surface area contributed by atoms with Crippen molar-refractivity contribution in [2.45, 2.75) is 87.0 Å². The Morgan fingerprint density at radius 1 is 0.753 bits per heavy atom. The average molecular weight is 1020 g/mol. The molecule has 5 aromatic rings. The Kier molecular flexibility index (Phi) is 16.8. The highest BCUT2D eigenvalue weighted by Gasteiger charge is 2.44. The van der Waals surface area contributed by atoms with E-state index in [1.807, 2.05) is 71.6 Å². The number of carboxylic acids is 1. The molecule has 6 heterocycles. The molecule has 4 aliphatic heterocycles. The van der Waals surface area contributed by atoms with Crippen LogP contribution < -0.4 is 26.2 Å². The van der Waals surface area contributed by atoms with E-state index in [1.165, 1.54) is 6.33 Å². The molecule has 0 bridgehead atoms. The Bertz CT molecular complexity index is 2610. The number of imidazole rings is 1. The number of urea groups is 2. The van der Waals surface area contributed by atoms with Gasteiger partial charge in [0.1, 0.15) is 24.9 Å². The molecule has 0 spiro atoms. The number of nitrogens with one attached hydrogen (secondary N) is 4. The first-order valence-corrected chi connectivity index (χ1v) is 24.0. The summed E-state index contributed by atoms with van der Waals surface area (Å²) in [5.74, 6) is -1.94. The molecule has 390 valence electrons. The Morgan fingerprint density at radius 2 is 1.33 bits per heavy atom. The van der Waals surface area contributed by atoms with Gasteiger partial charge in [-0.05, 0) is 42.4 Å². The number of aromatic nitrogens is 4. The number of halogens is 3. The van der Waals surface area contributed by atoms with Gasteiger partial charge in [0.05, 0.1) is 12.9 Å². The minimum Gasteiger partial charge on any atom is -0.475 e. The molecular formula is C49H58F3N11O10. The van der Waals surface area contributed by atoms with Gasteiger partial charge in [-0.3, -0.25) is 4.57 Å². The van der Waals surface area contributed by atoms with Crippen LogP contribution in [0.15, 0.2) is 97.3 Å². The number of carboxylic acid groups (broad SMARTS) is 1. The van der Waals surface area contributed by atoms with Gasteiger partial charge in [-0.1, -0.05) is 91.0 Å². The smallest absolute Gasteiger partial charge is 0.475 e. The number of alkyl halides is 3. The number of fused-ring (bicyclic) bond motifs is 1. The van der Waals surface area contributed by atoms with Crippen LogP contribution in [-0.4, -0.2) is 169 Å². The lowest BCUT2D eigenvalue weighted by atomic mass is 9.91. The van der Waals surface area contributed by atoms with Gasteiger partial charge in [-0.2, -0.15) is 23.1 Å². The van der Waals surface area contributed by atoms with E-state index in [0.717, 1.165) is 16.7 Å². The van der Waals surface area contributed by atoms with Gasteiger partial charge < -0.3 is 65.9 Å². The molecule has 24 heteroatoms. The number of rotatable bonds is 13. The van der Waals surface area contributed by atoms with E-state index in [2.05, 4.69) is 50.5 Å². The molecule has 73 heavy (non-hydrogen) atoms. The van der Waals surface area contributed by atoms with Crippen molar-refractivity contribution in [3.63, 3.8) is 0 Å². The Hall–Kier alpha value is -7.28. The number of piperidine rings is 1. The van der Waals surface area contributed by atoms with Gasteiger partial charge in [-0.25, -0.2) is 24.2 Å². The molecule has 2 aromatic heterocycles. The molecule has 5 amide bonds. The van der Waals surface area contributed by atoms with E-state index in [-0.39, 0.29) is 48.8 Å². The topological polar surface area (TPSA) is 269 Å². The van der Waals surface area contributed by atoms with Gasteiger partial charge in [-0.15, -0.1) is 0 Å². The van der Waals surface area contributed by atoms with E-state index in [1.54, 1.807) is 14.4 Å². The molecule has 4 aliphatic rings. The molecule has 8 N–H and O–H groups in total. The van der Waals surface area contributed by atoms with Gasteiger partial charge in [0.25, 0.3) is 0 Å². The molecule has 4 fully saturated rings. The van der Waals surface area contributed by atoms with E-state index in [0.29, 0.717) is 94.4 Å². The standard InChI is InChI=1S/C47H57N11O8.C2HF3O2/c59-27-37-39(60)40(61)43(66-37)58-29-49-38-41(48-24-36(31-12-6-2-7-13-31)32-14-8-3-9-15-32)53-44(54-42(38)58)56-22-18-34(25-56)50-45(62)51-35-19-23-57(26-35)46(63)52-33-16-20-55(21-17-33)47(64)65-28-30-10-4-1-5-11-30;3-2(4,5)1(6)7/h1-15,29,33-37,39-40,43,59-61H,16-28H2,(H,52,63)(H,48,53,54)(H2,50,51,62);(H,6,7)/t34-,35-,37-,39-,40-,43-;/m1./s1. The van der Waals surface area contributed by atoms with Crippen molar-refractivity contribution in [2.24, 2.45) is 0 Å². The molecule has 9 rings (SSSR count). The third-order valence-electron chi connectivity index (χ3n) is 13.2. The molecule has 0 aliphatic carbocycles. The van der Waals surface area contributed by atoms with Crippen molar-refractivity contribution in [1.29, 1.82) is 0 Å². The summed E-state index contributed by atoms with van der Waals surface area (Å²) in [5, 5.41) is 51.3. The average Bonchev–Trinajstić information content (AvgIpc) is 4.22. The number of amides is 5. The maximum absolute atomic E-state index is 13.4. The second-order valence-corrected chi connectivity index (χ2v) is 18.2. The minimum absolute atomic E-state index is 0.0309. The van der Waals surface area contributed by atoms with Crippen LogP contribution in [0.4, 0.5) is 39.3 Å². The normalized spacial score (nSPS) is 22.2. The van der Waals surface area contributed by atoms with Crippen LogP contribution in [0.2, 0.25) is 0 Å². The minimum atomic E-state index is -5.08. The molecule has 3 aromatic carbocycles. The zero-order chi connectivity index (χ0) is 51.6. The molecular weight excluding hydrogens is 960 g/mol. The molecule has 4 saturated heterocycles. The van der Waals surface area contributed by atoms with Crippen LogP contribution >= 0.6 is 0 Å². The van der Waals surface area contributed by atoms with Crippen molar-refractivity contribution in [1.82, 2.24) is 45.3 Å². The molecule has 6 atom stereocenters. The number of hydrogen-bond acceptors (Lipinski definition) is 14. The van der Waals surface area contributed by atoms with Crippen LogP contribution in [-0.2, 0) is 20.9 Å². The number of ether oxygens (including phenoxy) is 2. The maximum atomic E-state index is 13.4. The lowest BCUT2D eigenvalue weighted by Crippen LogP contribution is -2.51. The van der Waals surface area contributed by atoms with E-state index >= 15 is 0 Å². The Labute approximate surface area is 417 Å². The van der Waals surface area contributed by atoms with E-state index in [9.17, 15) is 42.9 Å². The van der Waals surface area contributed by atoms with Crippen molar-refractivity contribution < 1.29 is 62.2 Å². The van der Waals surface area contributed by atoms with Crippen molar-refractivity contribution in [2.75, 3.05) is 62.6 Å². The molecule has 0 saturated carbocycles. The number of hydrogen-bond donors (Lipinski definition) is 8. The summed E-state index contributed by atoms with van der Waals surface area (Å²) < 4.78 is 44.7. The second-order valence-electron chi connectivity index (χ2n) is 18.2. The summed E-state index contributed by atoms with van der Waals surface area (Å²) in [7, 11) is 0. The van der Waals surface area contributed by atoms with Crippen LogP contribution in [0.5, 0.6) is 0 Å². The summed E-state index contributed by atoms with van der Waals surface area (Å²) in [6, 6.07) is 28.9. The lowest BCUT2D eigenvalue weighted by Gasteiger charge is -2.32. The van der Waals surface area contributed by atoms with Crippen LogP contribution in [0.25, 0.3) is 11.2 Å². The number of aliphatic carboxylic acids is 1. The quantitative estimate of drug-likeness (QED) is 0.0834.